The number of nitrogens with zero attached hydrogens (tertiary/aromatic N) is 2. The summed E-state index contributed by atoms with van der Waals surface area (Å²) < 4.78 is 31.6. The molecule has 0 bridgehead atoms. The number of nitrogens with one attached hydrogen (secondary N) is 2. The summed E-state index contributed by atoms with van der Waals surface area (Å²) >= 11 is 6.02. The van der Waals surface area contributed by atoms with E-state index in [0.29, 0.717) is 16.5 Å². The van der Waals surface area contributed by atoms with E-state index in [4.69, 9.17) is 16.3 Å². The predicted molar refractivity (Wildman–Crippen MR) is 97.6 cm³/mol. The molecule has 0 spiro atoms. The molecule has 1 heterocycles. The zero-order valence-electron chi connectivity index (χ0n) is 14.0. The van der Waals surface area contributed by atoms with Crippen molar-refractivity contribution in [3.63, 3.8) is 0 Å². The van der Waals surface area contributed by atoms with Crippen LogP contribution < -0.4 is 15.4 Å². The van der Waals surface area contributed by atoms with E-state index in [0.717, 1.165) is 12.1 Å². The molecular formula is C18H13ClF2N4O2. The normalized spacial score (nSPS) is 10.4. The number of methoxy groups -OCH3 is 1. The van der Waals surface area contributed by atoms with Crippen LogP contribution in [0.3, 0.4) is 0 Å². The molecule has 0 saturated heterocycles. The van der Waals surface area contributed by atoms with Crippen molar-refractivity contribution in [1.29, 1.82) is 0 Å². The Balaban J connectivity index is 1.69. The first kappa shape index (κ1) is 18.5. The zero-order chi connectivity index (χ0) is 19.4. The Hall–Kier alpha value is -3.26. The second kappa shape index (κ2) is 7.96. The lowest BCUT2D eigenvalue weighted by Gasteiger charge is -2.09. The van der Waals surface area contributed by atoms with Crippen molar-refractivity contribution in [1.82, 2.24) is 9.97 Å². The fourth-order valence-corrected chi connectivity index (χ4v) is 2.43. The fraction of sp³-hybridized carbons (Fsp3) is 0.0556. The van der Waals surface area contributed by atoms with E-state index < -0.39 is 17.5 Å². The monoisotopic (exact) mass is 390 g/mol. The number of hydrogen-bond acceptors (Lipinski definition) is 5. The van der Waals surface area contributed by atoms with Gasteiger partial charge in [-0.2, -0.15) is 0 Å². The van der Waals surface area contributed by atoms with E-state index in [1.165, 1.54) is 25.6 Å². The first-order chi connectivity index (χ1) is 13.0. The molecule has 0 aliphatic rings. The number of anilines is 3. The fourth-order valence-electron chi connectivity index (χ4n) is 2.17. The van der Waals surface area contributed by atoms with Gasteiger partial charge in [0.05, 0.1) is 23.4 Å². The van der Waals surface area contributed by atoms with Crippen LogP contribution in [-0.2, 0) is 0 Å². The second-order valence-corrected chi connectivity index (χ2v) is 5.76. The maximum absolute atomic E-state index is 13.6. The van der Waals surface area contributed by atoms with Gasteiger partial charge in [0.25, 0.3) is 5.91 Å². The van der Waals surface area contributed by atoms with Gasteiger partial charge in [0, 0.05) is 24.1 Å². The summed E-state index contributed by atoms with van der Waals surface area (Å²) in [5.74, 6) is -1.37. The van der Waals surface area contributed by atoms with Crippen molar-refractivity contribution in [2.24, 2.45) is 0 Å². The van der Waals surface area contributed by atoms with Crippen molar-refractivity contribution in [3.05, 3.63) is 71.0 Å². The summed E-state index contributed by atoms with van der Waals surface area (Å²) in [7, 11) is 1.49. The van der Waals surface area contributed by atoms with E-state index in [1.807, 2.05) is 0 Å². The highest BCUT2D eigenvalue weighted by Gasteiger charge is 2.11. The Bertz CT molecular complexity index is 984. The van der Waals surface area contributed by atoms with Gasteiger partial charge in [-0.25, -0.2) is 18.7 Å². The van der Waals surface area contributed by atoms with Crippen molar-refractivity contribution < 1.29 is 18.3 Å². The van der Waals surface area contributed by atoms with E-state index in [-0.39, 0.29) is 17.2 Å². The summed E-state index contributed by atoms with van der Waals surface area (Å²) in [5.41, 5.74) is 0.676. The van der Waals surface area contributed by atoms with Gasteiger partial charge in [-0.05, 0) is 30.3 Å². The molecule has 27 heavy (non-hydrogen) atoms. The quantitative estimate of drug-likeness (QED) is 0.674. The molecule has 3 rings (SSSR count). The molecule has 0 aliphatic heterocycles. The maximum atomic E-state index is 13.6. The minimum Gasteiger partial charge on any atom is -0.495 e. The summed E-state index contributed by atoms with van der Waals surface area (Å²) in [6.45, 7) is 0. The first-order valence-corrected chi connectivity index (χ1v) is 8.03. The number of carbonyl (C=O) groups excluding carboxylic acids is 1. The van der Waals surface area contributed by atoms with Gasteiger partial charge in [0.15, 0.2) is 0 Å². The van der Waals surface area contributed by atoms with Crippen LogP contribution in [0.2, 0.25) is 5.02 Å². The van der Waals surface area contributed by atoms with Crippen LogP contribution in [0.5, 0.6) is 5.75 Å². The lowest BCUT2D eigenvalue weighted by Crippen LogP contribution is -2.13. The molecule has 0 atom stereocenters. The zero-order valence-corrected chi connectivity index (χ0v) is 14.7. The van der Waals surface area contributed by atoms with Crippen molar-refractivity contribution >= 4 is 34.8 Å². The first-order valence-electron chi connectivity index (χ1n) is 7.65. The average molecular weight is 391 g/mol. The SMILES string of the molecule is COc1ccc(NC(=O)c2cnc(Nc3ccc(F)cc3F)nc2)cc1Cl. The number of carbonyl (C=O) groups is 1. The van der Waals surface area contributed by atoms with Crippen LogP contribution in [0.4, 0.5) is 26.1 Å². The molecule has 9 heteroatoms. The van der Waals surface area contributed by atoms with Crippen molar-refractivity contribution in [2.45, 2.75) is 0 Å². The van der Waals surface area contributed by atoms with E-state index in [9.17, 15) is 13.6 Å². The standard InChI is InChI=1S/C18H13ClF2N4O2/c1-27-16-5-3-12(7-13(16)19)24-17(26)10-8-22-18(23-9-10)25-15-4-2-11(20)6-14(15)21/h2-9H,1H3,(H,24,26)(H,22,23,25). The number of aromatic nitrogens is 2. The van der Waals surface area contributed by atoms with Crippen LogP contribution in [0.25, 0.3) is 0 Å². The Morgan fingerprint density at radius 2 is 1.85 bits per heavy atom. The highest BCUT2D eigenvalue weighted by Crippen LogP contribution is 2.27. The Morgan fingerprint density at radius 3 is 2.48 bits per heavy atom. The molecule has 2 N–H and O–H groups in total. The number of ether oxygens (including phenoxy) is 1. The lowest BCUT2D eigenvalue weighted by atomic mass is 10.2. The number of amides is 1. The van der Waals surface area contributed by atoms with Gasteiger partial charge < -0.3 is 15.4 Å². The molecule has 0 fully saturated rings. The van der Waals surface area contributed by atoms with Gasteiger partial charge >= 0.3 is 0 Å². The summed E-state index contributed by atoms with van der Waals surface area (Å²) in [4.78, 5) is 20.2. The highest BCUT2D eigenvalue weighted by molar-refractivity contribution is 6.32. The second-order valence-electron chi connectivity index (χ2n) is 5.35. The van der Waals surface area contributed by atoms with Crippen LogP contribution >= 0.6 is 11.6 Å². The molecule has 0 radical (unpaired) electrons. The van der Waals surface area contributed by atoms with Gasteiger partial charge in [-0.15, -0.1) is 0 Å². The molecule has 0 unspecified atom stereocenters. The molecule has 2 aromatic carbocycles. The third-order valence-electron chi connectivity index (χ3n) is 3.50. The van der Waals surface area contributed by atoms with Gasteiger partial charge in [-0.3, -0.25) is 4.79 Å². The third-order valence-corrected chi connectivity index (χ3v) is 3.80. The molecule has 1 amide bonds. The van der Waals surface area contributed by atoms with Gasteiger partial charge in [0.2, 0.25) is 5.95 Å². The topological polar surface area (TPSA) is 76.1 Å². The average Bonchev–Trinajstić information content (AvgIpc) is 2.65. The molecular weight excluding hydrogens is 378 g/mol. The van der Waals surface area contributed by atoms with Crippen molar-refractivity contribution in [3.8, 4) is 5.75 Å². The molecule has 3 aromatic rings. The minimum absolute atomic E-state index is 0.0153. The molecule has 0 aliphatic carbocycles. The van der Waals surface area contributed by atoms with Crippen LogP contribution in [0, 0.1) is 11.6 Å². The summed E-state index contributed by atoms with van der Waals surface area (Å²) in [5, 5.41) is 5.62. The Morgan fingerprint density at radius 1 is 1.11 bits per heavy atom. The maximum Gasteiger partial charge on any atom is 0.258 e. The van der Waals surface area contributed by atoms with E-state index in [1.54, 1.807) is 18.2 Å². The third kappa shape index (κ3) is 4.48. The highest BCUT2D eigenvalue weighted by atomic mass is 35.5. The van der Waals surface area contributed by atoms with E-state index in [2.05, 4.69) is 20.6 Å². The number of halogens is 3. The van der Waals surface area contributed by atoms with E-state index >= 15 is 0 Å². The van der Waals surface area contributed by atoms with Crippen LogP contribution in [0.15, 0.2) is 48.8 Å². The number of hydrogen-bond donors (Lipinski definition) is 2. The molecule has 138 valence electrons. The summed E-state index contributed by atoms with van der Waals surface area (Å²) in [6, 6.07) is 7.88. The molecule has 6 nitrogen and oxygen atoms in total. The largest absolute Gasteiger partial charge is 0.495 e. The van der Waals surface area contributed by atoms with Gasteiger partial charge in [0.1, 0.15) is 17.4 Å². The Kier molecular flexibility index (Phi) is 5.46. The number of rotatable bonds is 5. The minimum atomic E-state index is -0.781. The smallest absolute Gasteiger partial charge is 0.258 e. The summed E-state index contributed by atoms with van der Waals surface area (Å²) in [6.07, 6.45) is 2.55. The molecule has 1 aromatic heterocycles. The van der Waals surface area contributed by atoms with Crippen molar-refractivity contribution in [2.75, 3.05) is 17.7 Å². The molecule has 0 saturated carbocycles. The van der Waals surface area contributed by atoms with Crippen LogP contribution in [-0.4, -0.2) is 23.0 Å². The lowest BCUT2D eigenvalue weighted by molar-refractivity contribution is 0.102. The Labute approximate surface area is 158 Å². The number of benzene rings is 2. The van der Waals surface area contributed by atoms with Gasteiger partial charge in [-0.1, -0.05) is 11.6 Å². The predicted octanol–water partition coefficient (Wildman–Crippen LogP) is 4.41. The van der Waals surface area contributed by atoms with Crippen LogP contribution in [0.1, 0.15) is 10.4 Å².